The highest BCUT2D eigenvalue weighted by Gasteiger charge is 2.33. The van der Waals surface area contributed by atoms with Crippen molar-refractivity contribution in [3.05, 3.63) is 58.1 Å². The summed E-state index contributed by atoms with van der Waals surface area (Å²) in [7, 11) is -3.45. The van der Waals surface area contributed by atoms with Gasteiger partial charge in [0.1, 0.15) is 5.69 Å². The Morgan fingerprint density at radius 3 is 2.08 bits per heavy atom. The first-order chi connectivity index (χ1) is 11.5. The SMILES string of the molecule is CS(=O)(=O)Nc1ccc(Nc2ccc(C(F)(F)F)cc2[N+](=O)[O-])cc1. The number of alkyl halides is 3. The van der Waals surface area contributed by atoms with Crippen molar-refractivity contribution >= 4 is 32.8 Å². The minimum Gasteiger partial charge on any atom is -0.350 e. The lowest BCUT2D eigenvalue weighted by Crippen LogP contribution is -2.09. The molecule has 0 heterocycles. The maximum atomic E-state index is 12.7. The minimum atomic E-state index is -4.69. The maximum Gasteiger partial charge on any atom is 0.416 e. The summed E-state index contributed by atoms with van der Waals surface area (Å²) in [5.74, 6) is 0. The Hall–Kier alpha value is -2.82. The number of hydrogen-bond acceptors (Lipinski definition) is 5. The topological polar surface area (TPSA) is 101 Å². The Kier molecular flexibility index (Phi) is 4.88. The van der Waals surface area contributed by atoms with Crippen molar-refractivity contribution in [2.75, 3.05) is 16.3 Å². The highest BCUT2D eigenvalue weighted by Crippen LogP contribution is 2.36. The van der Waals surface area contributed by atoms with E-state index in [2.05, 4.69) is 10.0 Å². The molecule has 2 aromatic rings. The van der Waals surface area contributed by atoms with Crippen LogP contribution in [0.2, 0.25) is 0 Å². The van der Waals surface area contributed by atoms with Crippen molar-refractivity contribution < 1.29 is 26.5 Å². The number of sulfonamides is 1. The van der Waals surface area contributed by atoms with Crippen LogP contribution in [0.4, 0.5) is 35.9 Å². The second-order valence-electron chi connectivity index (χ2n) is 5.06. The number of halogens is 3. The Morgan fingerprint density at radius 2 is 1.60 bits per heavy atom. The lowest BCUT2D eigenvalue weighted by molar-refractivity contribution is -0.384. The van der Waals surface area contributed by atoms with Gasteiger partial charge in [0.25, 0.3) is 5.69 Å². The molecule has 0 spiro atoms. The van der Waals surface area contributed by atoms with Gasteiger partial charge in [0.15, 0.2) is 0 Å². The number of rotatable bonds is 5. The highest BCUT2D eigenvalue weighted by atomic mass is 32.2. The van der Waals surface area contributed by atoms with Gasteiger partial charge in [-0.05, 0) is 36.4 Å². The number of anilines is 3. The fraction of sp³-hybridized carbons (Fsp3) is 0.143. The van der Waals surface area contributed by atoms with E-state index in [-0.39, 0.29) is 11.4 Å². The maximum absolute atomic E-state index is 12.7. The van der Waals surface area contributed by atoms with Crippen LogP contribution in [0, 0.1) is 10.1 Å². The summed E-state index contributed by atoms with van der Waals surface area (Å²) in [5, 5.41) is 13.7. The van der Waals surface area contributed by atoms with Gasteiger partial charge in [0.2, 0.25) is 10.0 Å². The average molecular weight is 375 g/mol. The molecule has 0 aliphatic heterocycles. The third kappa shape index (κ3) is 5.08. The summed E-state index contributed by atoms with van der Waals surface area (Å²) in [6.45, 7) is 0. The van der Waals surface area contributed by atoms with Crippen molar-refractivity contribution in [1.29, 1.82) is 0 Å². The van der Waals surface area contributed by atoms with E-state index in [0.29, 0.717) is 11.8 Å². The molecule has 0 unspecified atom stereocenters. The van der Waals surface area contributed by atoms with Crippen molar-refractivity contribution in [3.8, 4) is 0 Å². The van der Waals surface area contributed by atoms with Gasteiger partial charge in [-0.1, -0.05) is 0 Å². The average Bonchev–Trinajstić information content (AvgIpc) is 2.47. The molecule has 0 amide bonds. The van der Waals surface area contributed by atoms with E-state index in [1.807, 2.05) is 0 Å². The van der Waals surface area contributed by atoms with Gasteiger partial charge in [-0.3, -0.25) is 14.8 Å². The first-order valence-electron chi connectivity index (χ1n) is 6.66. The highest BCUT2D eigenvalue weighted by molar-refractivity contribution is 7.92. The normalized spacial score (nSPS) is 11.8. The predicted octanol–water partition coefficient (Wildman–Crippen LogP) is 3.73. The van der Waals surface area contributed by atoms with Crippen molar-refractivity contribution in [2.24, 2.45) is 0 Å². The molecule has 0 radical (unpaired) electrons. The lowest BCUT2D eigenvalue weighted by atomic mass is 10.1. The number of nitrogens with one attached hydrogen (secondary N) is 2. The van der Waals surface area contributed by atoms with Crippen molar-refractivity contribution in [3.63, 3.8) is 0 Å². The molecule has 0 aromatic heterocycles. The molecule has 0 atom stereocenters. The summed E-state index contributed by atoms with van der Waals surface area (Å²) in [4.78, 5) is 10.1. The first-order valence-corrected chi connectivity index (χ1v) is 8.55. The Balaban J connectivity index is 2.29. The van der Waals surface area contributed by atoms with Crippen LogP contribution in [0.3, 0.4) is 0 Å². The fourth-order valence-electron chi connectivity index (χ4n) is 1.96. The zero-order chi connectivity index (χ0) is 18.8. The molecule has 2 aromatic carbocycles. The predicted molar refractivity (Wildman–Crippen MR) is 86.3 cm³/mol. The van der Waals surface area contributed by atoms with Crippen LogP contribution >= 0.6 is 0 Å². The van der Waals surface area contributed by atoms with Gasteiger partial charge in [0.05, 0.1) is 16.7 Å². The Morgan fingerprint density at radius 1 is 1.04 bits per heavy atom. The number of benzene rings is 2. The van der Waals surface area contributed by atoms with E-state index in [1.54, 1.807) is 0 Å². The molecule has 2 rings (SSSR count). The Labute approximate surface area is 140 Å². The molecule has 7 nitrogen and oxygen atoms in total. The molecular formula is C14H12F3N3O4S. The molecule has 0 aliphatic rings. The lowest BCUT2D eigenvalue weighted by Gasteiger charge is -2.11. The smallest absolute Gasteiger partial charge is 0.350 e. The van der Waals surface area contributed by atoms with Gasteiger partial charge in [-0.15, -0.1) is 0 Å². The monoisotopic (exact) mass is 375 g/mol. The van der Waals surface area contributed by atoms with Crippen molar-refractivity contribution in [1.82, 2.24) is 0 Å². The van der Waals surface area contributed by atoms with Crippen LogP contribution < -0.4 is 10.0 Å². The quantitative estimate of drug-likeness (QED) is 0.612. The zero-order valence-corrected chi connectivity index (χ0v) is 13.5. The van der Waals surface area contributed by atoms with Crippen LogP contribution in [0.15, 0.2) is 42.5 Å². The van der Waals surface area contributed by atoms with Crippen LogP contribution in [-0.4, -0.2) is 19.6 Å². The second-order valence-corrected chi connectivity index (χ2v) is 6.81. The summed E-state index contributed by atoms with van der Waals surface area (Å²) in [6.07, 6.45) is -3.72. The summed E-state index contributed by atoms with van der Waals surface area (Å²) >= 11 is 0. The summed E-state index contributed by atoms with van der Waals surface area (Å²) in [6, 6.07) is 7.79. The molecule has 2 N–H and O–H groups in total. The van der Waals surface area contributed by atoms with Gasteiger partial charge in [-0.2, -0.15) is 13.2 Å². The number of nitro groups is 1. The van der Waals surface area contributed by atoms with Gasteiger partial charge in [0, 0.05) is 17.4 Å². The second kappa shape index (κ2) is 6.59. The molecule has 134 valence electrons. The van der Waals surface area contributed by atoms with Gasteiger partial charge in [-0.25, -0.2) is 8.42 Å². The summed E-state index contributed by atoms with van der Waals surface area (Å²) in [5.41, 5.74) is -1.37. The minimum absolute atomic E-state index is 0.123. The molecule has 0 aliphatic carbocycles. The van der Waals surface area contributed by atoms with Crippen LogP contribution in [0.25, 0.3) is 0 Å². The van der Waals surface area contributed by atoms with Crippen LogP contribution in [0.1, 0.15) is 5.56 Å². The number of nitrogens with zero attached hydrogens (tertiary/aromatic N) is 1. The van der Waals surface area contributed by atoms with Crippen molar-refractivity contribution in [2.45, 2.75) is 6.18 Å². The molecule has 0 fully saturated rings. The molecule has 0 bridgehead atoms. The van der Waals surface area contributed by atoms with Crippen LogP contribution in [0.5, 0.6) is 0 Å². The third-order valence-electron chi connectivity index (χ3n) is 2.99. The molecule has 25 heavy (non-hydrogen) atoms. The van der Waals surface area contributed by atoms with Gasteiger partial charge < -0.3 is 5.32 Å². The standard InChI is InChI=1S/C14H12F3N3O4S/c1-25(23,24)19-11-5-3-10(4-6-11)18-12-7-2-9(14(15,16)17)8-13(12)20(21)22/h2-8,18-19H,1H3. The number of nitro benzene ring substituents is 1. The van der Waals surface area contributed by atoms with Crippen LogP contribution in [-0.2, 0) is 16.2 Å². The number of hydrogen-bond donors (Lipinski definition) is 2. The molecule has 0 saturated heterocycles. The molecular weight excluding hydrogens is 363 g/mol. The zero-order valence-electron chi connectivity index (χ0n) is 12.7. The fourth-order valence-corrected chi connectivity index (χ4v) is 2.52. The molecule has 11 heteroatoms. The van der Waals surface area contributed by atoms with E-state index < -0.39 is 32.4 Å². The molecule has 0 saturated carbocycles. The van der Waals surface area contributed by atoms with E-state index in [4.69, 9.17) is 0 Å². The summed E-state index contributed by atoms with van der Waals surface area (Å²) < 4.78 is 62.5. The van der Waals surface area contributed by atoms with E-state index in [9.17, 15) is 31.7 Å². The first kappa shape index (κ1) is 18.5. The van der Waals surface area contributed by atoms with Gasteiger partial charge >= 0.3 is 6.18 Å². The van der Waals surface area contributed by atoms with E-state index >= 15 is 0 Å². The van der Waals surface area contributed by atoms with E-state index in [0.717, 1.165) is 18.4 Å². The third-order valence-corrected chi connectivity index (χ3v) is 3.60. The largest absolute Gasteiger partial charge is 0.416 e. The van der Waals surface area contributed by atoms with E-state index in [1.165, 1.54) is 24.3 Å². The Bertz CT molecular complexity index is 897.